The molecule has 1 aliphatic rings. The molecule has 0 fully saturated rings. The Hall–Kier alpha value is -1.88. The van der Waals surface area contributed by atoms with Gasteiger partial charge in [-0.3, -0.25) is 9.59 Å². The van der Waals surface area contributed by atoms with Gasteiger partial charge in [-0.1, -0.05) is 6.07 Å². The molecule has 0 unspecified atom stereocenters. The molecule has 0 spiro atoms. The van der Waals surface area contributed by atoms with Crippen LogP contribution in [0.1, 0.15) is 4.88 Å². The molecular formula is C15H15N3O4S3. The lowest BCUT2D eigenvalue weighted by molar-refractivity contribution is -0.120. The van der Waals surface area contributed by atoms with Crippen LogP contribution in [0.5, 0.6) is 0 Å². The lowest BCUT2D eigenvalue weighted by Gasteiger charge is -2.17. The first-order valence-electron chi connectivity index (χ1n) is 7.29. The van der Waals surface area contributed by atoms with Gasteiger partial charge in [0, 0.05) is 9.77 Å². The molecule has 3 N–H and O–H groups in total. The largest absolute Gasteiger partial charge is 0.350 e. The number of thioether (sulfide) groups is 1. The third kappa shape index (κ3) is 4.60. The fraction of sp³-hybridized carbons (Fsp3) is 0.200. The highest BCUT2D eigenvalue weighted by molar-refractivity contribution is 8.00. The number of amides is 2. The van der Waals surface area contributed by atoms with Gasteiger partial charge in [0.05, 0.1) is 29.4 Å². The van der Waals surface area contributed by atoms with Gasteiger partial charge in [0.25, 0.3) is 0 Å². The van der Waals surface area contributed by atoms with E-state index in [0.29, 0.717) is 18.0 Å². The maximum absolute atomic E-state index is 12.3. The van der Waals surface area contributed by atoms with E-state index in [0.717, 1.165) is 9.77 Å². The van der Waals surface area contributed by atoms with Crippen molar-refractivity contribution in [3.8, 4) is 0 Å². The number of benzene rings is 1. The first-order valence-corrected chi connectivity index (χ1v) is 10.6. The number of carbonyl (C=O) groups is 2. The fourth-order valence-electron chi connectivity index (χ4n) is 2.13. The Kier molecular flexibility index (Phi) is 5.42. The Morgan fingerprint density at radius 3 is 2.88 bits per heavy atom. The van der Waals surface area contributed by atoms with E-state index in [-0.39, 0.29) is 17.3 Å². The van der Waals surface area contributed by atoms with Crippen LogP contribution in [0.4, 0.5) is 5.69 Å². The Balaban J connectivity index is 1.61. The molecule has 0 aliphatic carbocycles. The number of carbonyl (C=O) groups excluding carboxylic acids is 2. The van der Waals surface area contributed by atoms with Crippen molar-refractivity contribution in [2.45, 2.75) is 16.3 Å². The van der Waals surface area contributed by atoms with E-state index < -0.39 is 15.9 Å². The molecule has 2 amide bonds. The zero-order valence-electron chi connectivity index (χ0n) is 12.9. The minimum absolute atomic E-state index is 0.0000989. The Morgan fingerprint density at radius 1 is 1.28 bits per heavy atom. The molecule has 0 radical (unpaired) electrons. The zero-order chi connectivity index (χ0) is 17.9. The summed E-state index contributed by atoms with van der Waals surface area (Å²) in [6, 6.07) is 8.25. The molecule has 0 saturated carbocycles. The van der Waals surface area contributed by atoms with E-state index in [9.17, 15) is 18.0 Å². The van der Waals surface area contributed by atoms with Gasteiger partial charge >= 0.3 is 0 Å². The normalized spacial score (nSPS) is 13.8. The van der Waals surface area contributed by atoms with Gasteiger partial charge in [-0.25, -0.2) is 13.1 Å². The molecule has 7 nitrogen and oxygen atoms in total. The van der Waals surface area contributed by atoms with E-state index in [1.165, 1.54) is 35.2 Å². The molecular weight excluding hydrogens is 382 g/mol. The van der Waals surface area contributed by atoms with Crippen LogP contribution in [0.2, 0.25) is 0 Å². The molecule has 1 aromatic carbocycles. The van der Waals surface area contributed by atoms with Gasteiger partial charge in [0.15, 0.2) is 0 Å². The monoisotopic (exact) mass is 397 g/mol. The van der Waals surface area contributed by atoms with Crippen LogP contribution in [0, 0.1) is 0 Å². The number of anilines is 1. The summed E-state index contributed by atoms with van der Waals surface area (Å²) in [4.78, 5) is 25.0. The maximum atomic E-state index is 12.3. The van der Waals surface area contributed by atoms with Crippen molar-refractivity contribution in [2.24, 2.45) is 0 Å². The molecule has 3 rings (SSSR count). The van der Waals surface area contributed by atoms with Gasteiger partial charge in [0.1, 0.15) is 0 Å². The predicted molar refractivity (Wildman–Crippen MR) is 97.1 cm³/mol. The van der Waals surface area contributed by atoms with Crippen LogP contribution in [0.15, 0.2) is 45.5 Å². The summed E-state index contributed by atoms with van der Waals surface area (Å²) in [7, 11) is -3.85. The number of rotatable bonds is 6. The van der Waals surface area contributed by atoms with Crippen LogP contribution < -0.4 is 15.4 Å². The number of hydrogen-bond acceptors (Lipinski definition) is 6. The fourth-order valence-corrected chi connectivity index (χ4v) is 4.58. The number of nitrogens with one attached hydrogen (secondary N) is 3. The summed E-state index contributed by atoms with van der Waals surface area (Å²) in [6.45, 7) is 0.00618. The Bertz CT molecular complexity index is 895. The third-order valence-corrected chi connectivity index (χ3v) is 6.71. The SMILES string of the molecule is O=C(CNS(=O)(=O)c1ccc2c(c1)NC(=O)CS2)NCc1cccs1. The van der Waals surface area contributed by atoms with Gasteiger partial charge in [-0.2, -0.15) is 0 Å². The number of sulfonamides is 1. The molecule has 25 heavy (non-hydrogen) atoms. The van der Waals surface area contributed by atoms with Crippen molar-refractivity contribution in [3.63, 3.8) is 0 Å². The van der Waals surface area contributed by atoms with E-state index in [4.69, 9.17) is 0 Å². The first-order chi connectivity index (χ1) is 11.9. The number of hydrogen-bond donors (Lipinski definition) is 3. The van der Waals surface area contributed by atoms with E-state index >= 15 is 0 Å². The highest BCUT2D eigenvalue weighted by Crippen LogP contribution is 2.32. The summed E-state index contributed by atoms with van der Waals surface area (Å²) >= 11 is 2.86. The smallest absolute Gasteiger partial charge is 0.241 e. The second-order valence-corrected chi connectivity index (χ2v) is 8.99. The lowest BCUT2D eigenvalue weighted by Crippen LogP contribution is -2.36. The second-order valence-electron chi connectivity index (χ2n) is 5.18. The molecule has 0 bridgehead atoms. The minimum atomic E-state index is -3.85. The highest BCUT2D eigenvalue weighted by atomic mass is 32.2. The lowest BCUT2D eigenvalue weighted by atomic mass is 10.3. The van der Waals surface area contributed by atoms with Crippen molar-refractivity contribution >= 4 is 50.6 Å². The van der Waals surface area contributed by atoms with Crippen molar-refractivity contribution in [1.29, 1.82) is 0 Å². The zero-order valence-corrected chi connectivity index (χ0v) is 15.4. The third-order valence-electron chi connectivity index (χ3n) is 3.36. The second kappa shape index (κ2) is 7.56. The van der Waals surface area contributed by atoms with Crippen LogP contribution >= 0.6 is 23.1 Å². The van der Waals surface area contributed by atoms with Gasteiger partial charge in [0.2, 0.25) is 21.8 Å². The van der Waals surface area contributed by atoms with Gasteiger partial charge in [-0.15, -0.1) is 23.1 Å². The van der Waals surface area contributed by atoms with E-state index in [1.807, 2.05) is 17.5 Å². The molecule has 10 heteroatoms. The molecule has 132 valence electrons. The van der Waals surface area contributed by atoms with E-state index in [1.54, 1.807) is 6.07 Å². The van der Waals surface area contributed by atoms with Gasteiger partial charge in [-0.05, 0) is 29.6 Å². The Morgan fingerprint density at radius 2 is 2.12 bits per heavy atom. The minimum Gasteiger partial charge on any atom is -0.350 e. The number of thiophene rings is 1. The highest BCUT2D eigenvalue weighted by Gasteiger charge is 2.21. The van der Waals surface area contributed by atoms with Gasteiger partial charge < -0.3 is 10.6 Å². The van der Waals surface area contributed by atoms with Crippen molar-refractivity contribution in [2.75, 3.05) is 17.6 Å². The average molecular weight is 398 g/mol. The maximum Gasteiger partial charge on any atom is 0.241 e. The first kappa shape index (κ1) is 17.9. The number of fused-ring (bicyclic) bond motifs is 1. The van der Waals surface area contributed by atoms with E-state index in [2.05, 4.69) is 15.4 Å². The molecule has 1 aromatic heterocycles. The van der Waals surface area contributed by atoms with Crippen LogP contribution in [0.25, 0.3) is 0 Å². The molecule has 0 atom stereocenters. The molecule has 2 aromatic rings. The molecule has 2 heterocycles. The molecule has 0 saturated heterocycles. The summed E-state index contributed by atoms with van der Waals surface area (Å²) in [5.41, 5.74) is 0.464. The summed E-state index contributed by atoms with van der Waals surface area (Å²) in [6.07, 6.45) is 0. The summed E-state index contributed by atoms with van der Waals surface area (Å²) in [5, 5.41) is 7.19. The standard InChI is InChI=1S/C15H15N3O4S3/c19-14(16-7-10-2-1-5-23-10)8-17-25(21,22)11-3-4-13-12(6-11)18-15(20)9-24-13/h1-6,17H,7-9H2,(H,16,19)(H,18,20). The average Bonchev–Trinajstić information content (AvgIpc) is 3.11. The topological polar surface area (TPSA) is 104 Å². The van der Waals surface area contributed by atoms with Crippen molar-refractivity contribution in [1.82, 2.24) is 10.0 Å². The van der Waals surface area contributed by atoms with Crippen LogP contribution in [-0.4, -0.2) is 32.5 Å². The van der Waals surface area contributed by atoms with Crippen molar-refractivity contribution in [3.05, 3.63) is 40.6 Å². The van der Waals surface area contributed by atoms with Crippen LogP contribution in [-0.2, 0) is 26.2 Å². The van der Waals surface area contributed by atoms with Crippen molar-refractivity contribution < 1.29 is 18.0 Å². The van der Waals surface area contributed by atoms with Crippen LogP contribution in [0.3, 0.4) is 0 Å². The predicted octanol–water partition coefficient (Wildman–Crippen LogP) is 1.39. The Labute approximate surface area is 153 Å². The molecule has 1 aliphatic heterocycles. The quantitative estimate of drug-likeness (QED) is 0.683. The summed E-state index contributed by atoms with van der Waals surface area (Å²) < 4.78 is 26.9. The summed E-state index contributed by atoms with van der Waals surface area (Å²) in [5.74, 6) is -0.284.